The number of pyridine rings is 1. The van der Waals surface area contributed by atoms with E-state index in [1.54, 1.807) is 16.2 Å². The van der Waals surface area contributed by atoms with E-state index in [0.29, 0.717) is 18.9 Å². The van der Waals surface area contributed by atoms with E-state index in [0.717, 1.165) is 105 Å². The summed E-state index contributed by atoms with van der Waals surface area (Å²) < 4.78 is 4.28. The normalized spacial score (nSPS) is 20.9. The first-order valence-corrected chi connectivity index (χ1v) is 20.3. The van der Waals surface area contributed by atoms with E-state index in [-0.39, 0.29) is 30.0 Å². The minimum atomic E-state index is -0.689. The molecule has 0 radical (unpaired) electrons. The minimum absolute atomic E-state index is 0.0214. The highest BCUT2D eigenvalue weighted by molar-refractivity contribution is 7.21. The predicted molar refractivity (Wildman–Crippen MR) is 221 cm³/mol. The Morgan fingerprint density at radius 3 is 2.48 bits per heavy atom. The number of nitrogens with zero attached hydrogens (tertiary/aromatic N) is 6. The Hall–Kier alpha value is -5.73. The second kappa shape index (κ2) is 13.5. The summed E-state index contributed by atoms with van der Waals surface area (Å²) in [5.74, 6) is -0.196. The lowest BCUT2D eigenvalue weighted by molar-refractivity contribution is -0.135. The fourth-order valence-corrected chi connectivity index (χ4v) is 10.2. The average Bonchev–Trinajstić information content (AvgIpc) is 3.65. The van der Waals surface area contributed by atoms with Crippen LogP contribution in [0.5, 0.6) is 0 Å². The number of imidazole rings is 1. The summed E-state index contributed by atoms with van der Waals surface area (Å²) in [6.07, 6.45) is 0.546. The van der Waals surface area contributed by atoms with Crippen LogP contribution in [0.4, 0.5) is 17.1 Å². The zero-order valence-electron chi connectivity index (χ0n) is 31.4. The van der Waals surface area contributed by atoms with E-state index in [1.165, 1.54) is 17.0 Å². The molecule has 10 rings (SSSR count). The van der Waals surface area contributed by atoms with Gasteiger partial charge in [0, 0.05) is 105 Å². The topological polar surface area (TPSA) is 137 Å². The molecule has 286 valence electrons. The third kappa shape index (κ3) is 5.81. The number of benzene rings is 3. The molecule has 0 bridgehead atoms. The van der Waals surface area contributed by atoms with E-state index in [4.69, 9.17) is 4.98 Å². The molecule has 0 spiro atoms. The molecule has 3 amide bonds. The number of nitrogens with one attached hydrogen (secondary N) is 3. The number of thiophene rings is 1. The number of piperazine rings is 1. The van der Waals surface area contributed by atoms with Crippen molar-refractivity contribution < 1.29 is 14.4 Å². The van der Waals surface area contributed by atoms with Gasteiger partial charge < -0.3 is 20.4 Å². The lowest BCUT2D eigenvalue weighted by Gasteiger charge is -2.45. The van der Waals surface area contributed by atoms with Crippen molar-refractivity contribution in [1.29, 1.82) is 0 Å². The van der Waals surface area contributed by atoms with Gasteiger partial charge in [0.15, 0.2) is 0 Å². The Morgan fingerprint density at radius 2 is 1.70 bits per heavy atom. The van der Waals surface area contributed by atoms with Gasteiger partial charge in [-0.3, -0.25) is 33.7 Å². The summed E-state index contributed by atoms with van der Waals surface area (Å²) in [4.78, 5) is 63.8. The molecule has 4 aliphatic rings. The number of carbonyl (C=O) groups excluding carboxylic acids is 3. The monoisotopic (exact) mass is 769 g/mol. The van der Waals surface area contributed by atoms with Crippen LogP contribution < -0.4 is 31.4 Å². The molecule has 56 heavy (non-hydrogen) atoms. The number of amides is 3. The van der Waals surface area contributed by atoms with Crippen molar-refractivity contribution in [2.45, 2.75) is 31.8 Å². The third-order valence-corrected chi connectivity index (χ3v) is 13.2. The van der Waals surface area contributed by atoms with Crippen LogP contribution in [0.15, 0.2) is 71.5 Å². The largest absolute Gasteiger partial charge is 0.381 e. The number of fused-ring (bicyclic) bond motifs is 6. The standard InChI is InChI=1S/C42H43N9O4S/c1-24-20-43-37-36-28-10-11-29(45-30(28)12-14-34(36)56-39(37)41(54)44-24)26-6-8-27(9-7-26)49-18-16-48(17-19-49)21-25-22-50(23-25)31-4-3-5-32-38(31)47(2)42(55)51(32)33-13-15-35(52)46-40(33)53/h3-12,14,24-25,33,43H,13,15-23H2,1-2H3,(H,44,54)(H,46,52,53)/t24-,33?/m1/s1. The fourth-order valence-electron chi connectivity index (χ4n) is 9.07. The van der Waals surface area contributed by atoms with Crippen LogP contribution in [-0.4, -0.2) is 95.1 Å². The number of anilines is 3. The number of piperidine rings is 1. The molecule has 3 N–H and O–H groups in total. The highest BCUT2D eigenvalue weighted by Crippen LogP contribution is 2.41. The second-order valence-electron chi connectivity index (χ2n) is 15.7. The Labute approximate surface area is 326 Å². The van der Waals surface area contributed by atoms with Gasteiger partial charge in [0.05, 0.1) is 33.6 Å². The Bertz CT molecular complexity index is 2630. The number of para-hydroxylation sites is 1. The van der Waals surface area contributed by atoms with Crippen molar-refractivity contribution in [3.63, 3.8) is 0 Å². The van der Waals surface area contributed by atoms with Crippen molar-refractivity contribution in [2.24, 2.45) is 13.0 Å². The van der Waals surface area contributed by atoms with E-state index < -0.39 is 11.9 Å². The molecular weight excluding hydrogens is 727 g/mol. The molecule has 3 aromatic carbocycles. The van der Waals surface area contributed by atoms with E-state index in [9.17, 15) is 19.2 Å². The zero-order chi connectivity index (χ0) is 38.2. The molecule has 3 aromatic heterocycles. The van der Waals surface area contributed by atoms with Crippen molar-refractivity contribution in [3.05, 3.63) is 82.1 Å². The molecular formula is C42H43N9O4S. The van der Waals surface area contributed by atoms with Crippen molar-refractivity contribution >= 4 is 78.1 Å². The van der Waals surface area contributed by atoms with E-state index in [2.05, 4.69) is 85.2 Å². The molecule has 0 aliphatic carbocycles. The maximum Gasteiger partial charge on any atom is 0.329 e. The third-order valence-electron chi connectivity index (χ3n) is 12.0. The molecule has 3 fully saturated rings. The van der Waals surface area contributed by atoms with E-state index in [1.807, 2.05) is 19.1 Å². The van der Waals surface area contributed by atoms with Gasteiger partial charge in [0.1, 0.15) is 10.9 Å². The highest BCUT2D eigenvalue weighted by Gasteiger charge is 2.35. The van der Waals surface area contributed by atoms with Crippen molar-refractivity contribution in [1.82, 2.24) is 29.7 Å². The summed E-state index contributed by atoms with van der Waals surface area (Å²) in [6, 6.07) is 22.4. The van der Waals surface area contributed by atoms with Gasteiger partial charge in [0.2, 0.25) is 11.8 Å². The van der Waals surface area contributed by atoms with Crippen LogP contribution in [0.25, 0.3) is 43.3 Å². The first-order chi connectivity index (χ1) is 27.2. The molecule has 6 aromatic rings. The summed E-state index contributed by atoms with van der Waals surface area (Å²) in [6.45, 7) is 9.48. The van der Waals surface area contributed by atoms with E-state index >= 15 is 0 Å². The molecule has 7 heterocycles. The quantitative estimate of drug-likeness (QED) is 0.209. The van der Waals surface area contributed by atoms with Gasteiger partial charge in [-0.05, 0) is 61.9 Å². The van der Waals surface area contributed by atoms with Gasteiger partial charge >= 0.3 is 5.69 Å². The summed E-state index contributed by atoms with van der Waals surface area (Å²) in [5, 5.41) is 11.1. The highest BCUT2D eigenvalue weighted by atomic mass is 32.1. The number of hydrogen-bond acceptors (Lipinski definition) is 10. The van der Waals surface area contributed by atoms with Gasteiger partial charge in [0.25, 0.3) is 5.91 Å². The smallest absolute Gasteiger partial charge is 0.329 e. The Kier molecular flexibility index (Phi) is 8.36. The molecule has 3 saturated heterocycles. The van der Waals surface area contributed by atoms with Crippen LogP contribution in [0.2, 0.25) is 0 Å². The second-order valence-corrected chi connectivity index (χ2v) is 16.7. The molecule has 1 unspecified atom stereocenters. The minimum Gasteiger partial charge on any atom is -0.381 e. The zero-order valence-corrected chi connectivity index (χ0v) is 32.2. The molecule has 2 atom stereocenters. The molecule has 14 heteroatoms. The van der Waals surface area contributed by atoms with Gasteiger partial charge in [-0.15, -0.1) is 11.3 Å². The predicted octanol–water partition coefficient (Wildman–Crippen LogP) is 4.55. The number of aromatic nitrogens is 3. The lowest BCUT2D eigenvalue weighted by Crippen LogP contribution is -2.55. The first kappa shape index (κ1) is 34.7. The maximum absolute atomic E-state index is 13.4. The molecule has 0 saturated carbocycles. The average molecular weight is 770 g/mol. The number of hydrogen-bond donors (Lipinski definition) is 3. The molecule has 13 nitrogen and oxygen atoms in total. The van der Waals surface area contributed by atoms with Crippen LogP contribution in [-0.2, 0) is 16.6 Å². The number of rotatable bonds is 6. The van der Waals surface area contributed by atoms with Crippen LogP contribution in [0, 0.1) is 5.92 Å². The van der Waals surface area contributed by atoms with Crippen LogP contribution >= 0.6 is 11.3 Å². The number of aryl methyl sites for hydroxylation is 1. The Balaban J connectivity index is 0.769. The van der Waals surface area contributed by atoms with Gasteiger partial charge in [-0.2, -0.15) is 0 Å². The summed E-state index contributed by atoms with van der Waals surface area (Å²) >= 11 is 1.53. The fraction of sp³-hybridized carbons (Fsp3) is 0.357. The Morgan fingerprint density at radius 1 is 0.893 bits per heavy atom. The summed E-state index contributed by atoms with van der Waals surface area (Å²) in [5.41, 5.74) is 7.36. The van der Waals surface area contributed by atoms with Crippen LogP contribution in [0.1, 0.15) is 35.5 Å². The van der Waals surface area contributed by atoms with Crippen LogP contribution in [0.3, 0.4) is 0 Å². The van der Waals surface area contributed by atoms with Crippen molar-refractivity contribution in [3.8, 4) is 11.3 Å². The maximum atomic E-state index is 13.4. The number of carbonyl (C=O) groups is 3. The first-order valence-electron chi connectivity index (χ1n) is 19.5. The van der Waals surface area contributed by atoms with Gasteiger partial charge in [-0.1, -0.05) is 18.2 Å². The SMILES string of the molecule is C[C@@H]1CNc2c(sc3ccc4nc(-c5ccc(N6CCN(CC7CN(c8cccc9c8n(C)c(=O)n9C8CCC(=O)NC8=O)C7)CC6)cc5)ccc4c23)C(=O)N1. The number of imide groups is 1. The summed E-state index contributed by atoms with van der Waals surface area (Å²) in [7, 11) is 1.76. The van der Waals surface area contributed by atoms with Crippen molar-refractivity contribution in [2.75, 3.05) is 67.5 Å². The lowest BCUT2D eigenvalue weighted by atomic mass is 9.97. The molecule has 4 aliphatic heterocycles. The van der Waals surface area contributed by atoms with Gasteiger partial charge in [-0.25, -0.2) is 9.78 Å².